The molecule has 0 amide bonds. The Labute approximate surface area is 248 Å². The number of methoxy groups -OCH3 is 2. The van der Waals surface area contributed by atoms with Gasteiger partial charge in [-0.25, -0.2) is 0 Å². The number of hydrogen-bond acceptors (Lipinski definition) is 6. The van der Waals surface area contributed by atoms with E-state index in [1.807, 2.05) is 47.4 Å². The summed E-state index contributed by atoms with van der Waals surface area (Å²) in [4.78, 5) is 46.3. The van der Waals surface area contributed by atoms with Crippen molar-refractivity contribution in [2.75, 3.05) is 19.1 Å². The topological polar surface area (TPSA) is 72.9 Å². The highest BCUT2D eigenvalue weighted by Crippen LogP contribution is 2.62. The van der Waals surface area contributed by atoms with Crippen molar-refractivity contribution in [2.24, 2.45) is 5.41 Å². The Bertz CT molecular complexity index is 1780. The number of hydrogen-bond donors (Lipinski definition) is 0. The fourth-order valence-electron chi connectivity index (χ4n) is 7.12. The average Bonchev–Trinajstić information content (AvgIpc) is 3.46. The van der Waals surface area contributed by atoms with Crippen molar-refractivity contribution in [3.63, 3.8) is 0 Å². The monoisotopic (exact) mass is 575 g/mol. The molecule has 2 aliphatic heterocycles. The number of nitrogens with zero attached hydrogens (tertiary/aromatic N) is 1. The number of para-hydroxylation sites is 1. The van der Waals surface area contributed by atoms with Crippen molar-refractivity contribution >= 4 is 40.7 Å². The molecule has 1 fully saturated rings. The predicted molar refractivity (Wildman–Crippen MR) is 161 cm³/mol. The molecule has 0 N–H and O–H groups in total. The molecule has 0 bridgehead atoms. The molecule has 3 aliphatic rings. The second-order valence-corrected chi connectivity index (χ2v) is 11.2. The fourth-order valence-corrected chi connectivity index (χ4v) is 7.25. The number of rotatable bonds is 5. The highest BCUT2D eigenvalue weighted by atomic mass is 35.5. The van der Waals surface area contributed by atoms with Crippen LogP contribution in [0.5, 0.6) is 11.5 Å². The molecular weight excluding hydrogens is 550 g/mol. The van der Waals surface area contributed by atoms with Crippen LogP contribution in [0.4, 0.5) is 5.69 Å². The van der Waals surface area contributed by atoms with Gasteiger partial charge in [0.25, 0.3) is 0 Å². The number of ether oxygens (including phenoxy) is 2. The van der Waals surface area contributed by atoms with Gasteiger partial charge in [0, 0.05) is 44.9 Å². The zero-order chi connectivity index (χ0) is 29.2. The first-order chi connectivity index (χ1) is 20.4. The summed E-state index contributed by atoms with van der Waals surface area (Å²) in [5.74, 6) is -0.722. The van der Waals surface area contributed by atoms with Crippen molar-refractivity contribution < 1.29 is 23.9 Å². The second kappa shape index (κ2) is 9.71. The normalized spacial score (nSPS) is 21.2. The Morgan fingerprint density at radius 2 is 1.50 bits per heavy atom. The number of Topliss-reactive ketones (excluding diaryl/α,β-unsaturated/α-hetero) is 3. The van der Waals surface area contributed by atoms with Gasteiger partial charge in [0.05, 0.1) is 20.3 Å². The Balaban J connectivity index is 1.57. The molecule has 0 aromatic heterocycles. The van der Waals surface area contributed by atoms with Crippen LogP contribution in [0.15, 0.2) is 97.1 Å². The molecular formula is C35H26ClNO5. The summed E-state index contributed by atoms with van der Waals surface area (Å²) in [6.45, 7) is 0. The van der Waals surface area contributed by atoms with Crippen LogP contribution < -0.4 is 14.4 Å². The lowest BCUT2D eigenvalue weighted by molar-refractivity contribution is 0.0665. The van der Waals surface area contributed by atoms with Crippen molar-refractivity contribution in [2.45, 2.75) is 18.0 Å². The van der Waals surface area contributed by atoms with Crippen LogP contribution in [0.1, 0.15) is 48.1 Å². The van der Waals surface area contributed by atoms with Crippen molar-refractivity contribution in [1.29, 1.82) is 0 Å². The van der Waals surface area contributed by atoms with Gasteiger partial charge < -0.3 is 14.4 Å². The lowest BCUT2D eigenvalue weighted by Gasteiger charge is -2.37. The number of carbonyl (C=O) groups is 3. The maximum absolute atomic E-state index is 14.8. The third-order valence-electron chi connectivity index (χ3n) is 8.89. The van der Waals surface area contributed by atoms with Gasteiger partial charge in [-0.3, -0.25) is 14.4 Å². The van der Waals surface area contributed by atoms with Crippen LogP contribution in [-0.2, 0) is 0 Å². The van der Waals surface area contributed by atoms with Gasteiger partial charge >= 0.3 is 0 Å². The first-order valence-corrected chi connectivity index (χ1v) is 14.1. The second-order valence-electron chi connectivity index (χ2n) is 10.7. The Morgan fingerprint density at radius 3 is 2.17 bits per heavy atom. The minimum atomic E-state index is -1.62. The summed E-state index contributed by atoms with van der Waals surface area (Å²) >= 11 is 6.19. The molecule has 0 radical (unpaired) electrons. The Morgan fingerprint density at radius 1 is 0.833 bits per heavy atom. The van der Waals surface area contributed by atoms with Gasteiger partial charge in [-0.1, -0.05) is 72.3 Å². The summed E-state index contributed by atoms with van der Waals surface area (Å²) in [7, 11) is 3.09. The van der Waals surface area contributed by atoms with Crippen LogP contribution >= 0.6 is 11.6 Å². The number of fused-ring (bicyclic) bond motifs is 5. The van der Waals surface area contributed by atoms with E-state index in [1.165, 1.54) is 7.11 Å². The predicted octanol–water partition coefficient (Wildman–Crippen LogP) is 6.67. The van der Waals surface area contributed by atoms with Crippen LogP contribution in [0.2, 0.25) is 5.02 Å². The van der Waals surface area contributed by atoms with Crippen LogP contribution in [-0.4, -0.2) is 43.7 Å². The minimum absolute atomic E-state index is 0.224. The lowest BCUT2D eigenvalue weighted by Crippen LogP contribution is -2.48. The molecule has 7 rings (SSSR count). The zero-order valence-electron chi connectivity index (χ0n) is 22.9. The van der Waals surface area contributed by atoms with Crippen molar-refractivity contribution in [3.8, 4) is 11.5 Å². The first-order valence-electron chi connectivity index (χ1n) is 13.7. The number of anilines is 1. The Kier molecular flexibility index (Phi) is 6.06. The standard InChI is InChI=1S/C35H26ClNO5/c1-41-23-16-17-26(28(19-23)42-2)30-31(32(38)21-11-14-22(36)15-12-21)37-27-10-6-3-7-20(27)13-18-29(37)35(30)33(39)24-8-4-5-9-25(24)34(35)40/h3-19,29-31H,1-2H3. The van der Waals surface area contributed by atoms with Gasteiger partial charge in [-0.2, -0.15) is 0 Å². The smallest absolute Gasteiger partial charge is 0.185 e. The van der Waals surface area contributed by atoms with Crippen molar-refractivity contribution in [1.82, 2.24) is 0 Å². The van der Waals surface area contributed by atoms with E-state index < -0.39 is 23.4 Å². The van der Waals surface area contributed by atoms with E-state index in [2.05, 4.69) is 0 Å². The number of benzene rings is 4. The molecule has 3 atom stereocenters. The van der Waals surface area contributed by atoms with Gasteiger partial charge in [0.15, 0.2) is 17.3 Å². The summed E-state index contributed by atoms with van der Waals surface area (Å²) in [5.41, 5.74) is 1.81. The first kappa shape index (κ1) is 26.2. The fraction of sp³-hybridized carbons (Fsp3) is 0.171. The largest absolute Gasteiger partial charge is 0.497 e. The van der Waals surface area contributed by atoms with E-state index in [0.717, 1.165) is 11.3 Å². The number of ketones is 3. The van der Waals surface area contributed by atoms with Gasteiger partial charge in [0.1, 0.15) is 23.0 Å². The van der Waals surface area contributed by atoms with Crippen LogP contribution in [0, 0.1) is 5.41 Å². The average molecular weight is 576 g/mol. The van der Waals surface area contributed by atoms with E-state index in [1.54, 1.807) is 67.8 Å². The third-order valence-corrected chi connectivity index (χ3v) is 9.14. The Hall–Kier alpha value is -4.68. The minimum Gasteiger partial charge on any atom is -0.497 e. The third kappa shape index (κ3) is 3.48. The van der Waals surface area contributed by atoms with Crippen molar-refractivity contribution in [3.05, 3.63) is 130 Å². The number of carbonyl (C=O) groups excluding carboxylic acids is 3. The molecule has 2 heterocycles. The molecule has 0 saturated carbocycles. The maximum atomic E-state index is 14.8. The molecule has 208 valence electrons. The molecule has 4 aromatic rings. The summed E-state index contributed by atoms with van der Waals surface area (Å²) in [5, 5.41) is 0.503. The van der Waals surface area contributed by atoms with E-state index in [-0.39, 0.29) is 17.3 Å². The van der Waals surface area contributed by atoms with Gasteiger partial charge in [-0.15, -0.1) is 0 Å². The molecule has 4 aromatic carbocycles. The number of halogens is 1. The summed E-state index contributed by atoms with van der Waals surface area (Å²) in [6.07, 6.45) is 3.85. The molecule has 1 saturated heterocycles. The maximum Gasteiger partial charge on any atom is 0.185 e. The zero-order valence-corrected chi connectivity index (χ0v) is 23.7. The molecule has 7 heteroatoms. The molecule has 3 unspecified atom stereocenters. The van der Waals surface area contributed by atoms with E-state index in [0.29, 0.717) is 38.8 Å². The molecule has 1 spiro atoms. The van der Waals surface area contributed by atoms with E-state index in [9.17, 15) is 14.4 Å². The van der Waals surface area contributed by atoms with E-state index in [4.69, 9.17) is 21.1 Å². The molecule has 1 aliphatic carbocycles. The van der Waals surface area contributed by atoms with Crippen LogP contribution in [0.25, 0.3) is 6.08 Å². The SMILES string of the molecule is COc1ccc(C2C(C(=O)c3ccc(Cl)cc3)N3c4ccccc4C=CC3C23C(=O)c2ccccc2C3=O)c(OC)c1. The van der Waals surface area contributed by atoms with Gasteiger partial charge in [0.2, 0.25) is 0 Å². The highest BCUT2D eigenvalue weighted by molar-refractivity contribution is 6.32. The van der Waals surface area contributed by atoms with Gasteiger partial charge in [-0.05, 0) is 42.0 Å². The summed E-state index contributed by atoms with van der Waals surface area (Å²) in [6, 6.07) is 25.0. The highest BCUT2D eigenvalue weighted by Gasteiger charge is 2.72. The van der Waals surface area contributed by atoms with E-state index >= 15 is 0 Å². The lowest BCUT2D eigenvalue weighted by atomic mass is 9.64. The summed E-state index contributed by atoms with van der Waals surface area (Å²) < 4.78 is 11.3. The molecule has 42 heavy (non-hydrogen) atoms. The molecule has 6 nitrogen and oxygen atoms in total. The quantitative estimate of drug-likeness (QED) is 0.195. The van der Waals surface area contributed by atoms with Crippen LogP contribution in [0.3, 0.4) is 0 Å².